The number of carbonyl (C=O) groups excluding carboxylic acids is 1. The van der Waals surface area contributed by atoms with Gasteiger partial charge in [0.15, 0.2) is 0 Å². The summed E-state index contributed by atoms with van der Waals surface area (Å²) in [5.74, 6) is -0.677. The number of hydrogen-bond donors (Lipinski definition) is 1. The first-order chi connectivity index (χ1) is 10.6. The quantitative estimate of drug-likeness (QED) is 0.823. The van der Waals surface area contributed by atoms with Gasteiger partial charge >= 0.3 is 0 Å². The van der Waals surface area contributed by atoms with Crippen molar-refractivity contribution >= 4 is 17.5 Å². The van der Waals surface area contributed by atoms with Gasteiger partial charge in [-0.05, 0) is 24.1 Å². The first kappa shape index (κ1) is 16.5. The van der Waals surface area contributed by atoms with Crippen molar-refractivity contribution in [1.29, 1.82) is 0 Å². The van der Waals surface area contributed by atoms with Crippen LogP contribution in [0.3, 0.4) is 0 Å². The van der Waals surface area contributed by atoms with Crippen LogP contribution in [0, 0.1) is 5.82 Å². The second kappa shape index (κ2) is 7.95. The summed E-state index contributed by atoms with van der Waals surface area (Å²) in [6, 6.07) is 14.2. The van der Waals surface area contributed by atoms with Crippen LogP contribution in [-0.4, -0.2) is 5.91 Å². The molecule has 0 saturated carbocycles. The summed E-state index contributed by atoms with van der Waals surface area (Å²) in [7, 11) is 0. The van der Waals surface area contributed by atoms with Gasteiger partial charge in [-0.1, -0.05) is 61.3 Å². The van der Waals surface area contributed by atoms with Gasteiger partial charge in [0.1, 0.15) is 5.82 Å². The van der Waals surface area contributed by atoms with Crippen molar-refractivity contribution in [3.05, 3.63) is 70.5 Å². The maximum Gasteiger partial charge on any atom is 0.225 e. The maximum atomic E-state index is 13.8. The molecule has 0 radical (unpaired) electrons. The highest BCUT2D eigenvalue weighted by molar-refractivity contribution is 6.31. The molecule has 1 N–H and O–H groups in total. The molecule has 0 spiro atoms. The minimum atomic E-state index is -0.450. The number of halogens is 2. The van der Waals surface area contributed by atoms with E-state index in [4.69, 9.17) is 11.6 Å². The molecule has 0 aromatic heterocycles. The Morgan fingerprint density at radius 1 is 1.18 bits per heavy atom. The van der Waals surface area contributed by atoms with E-state index in [1.165, 1.54) is 12.1 Å². The molecular formula is C18H19ClFNO. The largest absolute Gasteiger partial charge is 0.349 e. The van der Waals surface area contributed by atoms with E-state index in [2.05, 4.69) is 12.2 Å². The number of benzene rings is 2. The lowest BCUT2D eigenvalue weighted by Gasteiger charge is -2.19. The molecule has 0 saturated heterocycles. The van der Waals surface area contributed by atoms with E-state index in [1.807, 2.05) is 30.3 Å². The zero-order valence-corrected chi connectivity index (χ0v) is 13.2. The van der Waals surface area contributed by atoms with Crippen LogP contribution < -0.4 is 5.32 Å². The third kappa shape index (κ3) is 4.31. The van der Waals surface area contributed by atoms with Crippen molar-refractivity contribution in [2.75, 3.05) is 0 Å². The van der Waals surface area contributed by atoms with Crippen LogP contribution in [0.5, 0.6) is 0 Å². The maximum absolute atomic E-state index is 13.8. The average Bonchev–Trinajstić information content (AvgIpc) is 2.51. The molecule has 2 aromatic carbocycles. The van der Waals surface area contributed by atoms with Crippen molar-refractivity contribution in [1.82, 2.24) is 5.32 Å². The fraction of sp³-hybridized carbons (Fsp3) is 0.278. The molecule has 0 aliphatic rings. The third-order valence-corrected chi connectivity index (χ3v) is 3.87. The second-order valence-corrected chi connectivity index (χ2v) is 5.60. The Morgan fingerprint density at radius 2 is 1.91 bits per heavy atom. The van der Waals surface area contributed by atoms with Crippen molar-refractivity contribution in [2.24, 2.45) is 0 Å². The van der Waals surface area contributed by atoms with E-state index >= 15 is 0 Å². The highest BCUT2D eigenvalue weighted by Gasteiger charge is 2.16. The number of rotatable bonds is 6. The summed E-state index contributed by atoms with van der Waals surface area (Å²) < 4.78 is 13.8. The summed E-state index contributed by atoms with van der Waals surface area (Å²) in [5, 5.41) is 3.25. The van der Waals surface area contributed by atoms with E-state index in [0.717, 1.165) is 18.4 Å². The van der Waals surface area contributed by atoms with Gasteiger partial charge in [-0.15, -0.1) is 0 Å². The zero-order chi connectivity index (χ0) is 15.9. The molecule has 116 valence electrons. The highest BCUT2D eigenvalue weighted by atomic mass is 35.5. The molecule has 0 unspecified atom stereocenters. The summed E-state index contributed by atoms with van der Waals surface area (Å²) in [6.45, 7) is 2.07. The minimum Gasteiger partial charge on any atom is -0.349 e. The highest BCUT2D eigenvalue weighted by Crippen LogP contribution is 2.21. The second-order valence-electron chi connectivity index (χ2n) is 5.20. The van der Waals surface area contributed by atoms with Crippen LogP contribution in [0.4, 0.5) is 4.39 Å². The van der Waals surface area contributed by atoms with Gasteiger partial charge in [0.25, 0.3) is 0 Å². The van der Waals surface area contributed by atoms with Crippen LogP contribution in [0.2, 0.25) is 5.02 Å². The Labute approximate surface area is 135 Å². The lowest BCUT2D eigenvalue weighted by Crippen LogP contribution is -2.30. The van der Waals surface area contributed by atoms with Crippen molar-refractivity contribution < 1.29 is 9.18 Å². The smallest absolute Gasteiger partial charge is 0.225 e. The SMILES string of the molecule is CCC[C@H](NC(=O)Cc1c(F)cccc1Cl)c1ccccc1. The average molecular weight is 320 g/mol. The van der Waals surface area contributed by atoms with Crippen molar-refractivity contribution in [3.63, 3.8) is 0 Å². The van der Waals surface area contributed by atoms with E-state index < -0.39 is 5.82 Å². The molecule has 2 rings (SSSR count). The molecule has 0 aliphatic carbocycles. The monoisotopic (exact) mass is 319 g/mol. The molecule has 0 bridgehead atoms. The standard InChI is InChI=1S/C18H19ClFNO/c1-2-7-17(13-8-4-3-5-9-13)21-18(22)12-14-15(19)10-6-11-16(14)20/h3-6,8-11,17H,2,7,12H2,1H3,(H,21,22)/t17-/m0/s1. The van der Waals surface area contributed by atoms with Gasteiger partial charge in [0, 0.05) is 10.6 Å². The third-order valence-electron chi connectivity index (χ3n) is 3.51. The predicted molar refractivity (Wildman–Crippen MR) is 87.3 cm³/mol. The van der Waals surface area contributed by atoms with Gasteiger partial charge in [-0.2, -0.15) is 0 Å². The molecular weight excluding hydrogens is 301 g/mol. The molecule has 0 aliphatic heterocycles. The Balaban J connectivity index is 2.09. The lowest BCUT2D eigenvalue weighted by molar-refractivity contribution is -0.121. The fourth-order valence-corrected chi connectivity index (χ4v) is 2.63. The summed E-state index contributed by atoms with van der Waals surface area (Å²) in [4.78, 5) is 12.2. The van der Waals surface area contributed by atoms with Crippen molar-refractivity contribution in [3.8, 4) is 0 Å². The molecule has 22 heavy (non-hydrogen) atoms. The van der Waals surface area contributed by atoms with Crippen molar-refractivity contribution in [2.45, 2.75) is 32.2 Å². The van der Waals surface area contributed by atoms with Gasteiger partial charge in [-0.25, -0.2) is 4.39 Å². The lowest BCUT2D eigenvalue weighted by atomic mass is 10.0. The van der Waals surface area contributed by atoms with E-state index in [9.17, 15) is 9.18 Å². The molecule has 1 atom stereocenters. The Bertz CT molecular complexity index is 610. The van der Waals surface area contributed by atoms with Crippen LogP contribution in [0.25, 0.3) is 0 Å². The molecule has 4 heteroatoms. The van der Waals surface area contributed by atoms with Crippen LogP contribution in [0.15, 0.2) is 48.5 Å². The Hall–Kier alpha value is -1.87. The number of nitrogens with one attached hydrogen (secondary N) is 1. The van der Waals surface area contributed by atoms with E-state index in [1.54, 1.807) is 6.07 Å². The molecule has 2 nitrogen and oxygen atoms in total. The predicted octanol–water partition coefficient (Wildman–Crippen LogP) is 4.68. The zero-order valence-electron chi connectivity index (χ0n) is 12.5. The van der Waals surface area contributed by atoms with Gasteiger partial charge in [-0.3, -0.25) is 4.79 Å². The fourth-order valence-electron chi connectivity index (χ4n) is 2.40. The number of amides is 1. The topological polar surface area (TPSA) is 29.1 Å². The summed E-state index contributed by atoms with van der Waals surface area (Å²) in [6.07, 6.45) is 1.72. The van der Waals surface area contributed by atoms with Gasteiger partial charge < -0.3 is 5.32 Å². The first-order valence-electron chi connectivity index (χ1n) is 7.39. The number of carbonyl (C=O) groups is 1. The van der Waals surface area contributed by atoms with Crippen LogP contribution in [-0.2, 0) is 11.2 Å². The van der Waals surface area contributed by atoms with Gasteiger partial charge in [0.2, 0.25) is 5.91 Å². The molecule has 0 heterocycles. The van der Waals surface area contributed by atoms with E-state index in [-0.39, 0.29) is 29.0 Å². The van der Waals surface area contributed by atoms with Crippen LogP contribution >= 0.6 is 11.6 Å². The van der Waals surface area contributed by atoms with Crippen LogP contribution in [0.1, 0.15) is 36.9 Å². The molecule has 2 aromatic rings. The number of hydrogen-bond acceptors (Lipinski definition) is 1. The Morgan fingerprint density at radius 3 is 2.55 bits per heavy atom. The summed E-state index contributed by atoms with van der Waals surface area (Å²) in [5.41, 5.74) is 1.29. The van der Waals surface area contributed by atoms with Gasteiger partial charge in [0.05, 0.1) is 12.5 Å². The normalized spacial score (nSPS) is 12.0. The minimum absolute atomic E-state index is 0.0570. The first-order valence-corrected chi connectivity index (χ1v) is 7.76. The van der Waals surface area contributed by atoms with E-state index in [0.29, 0.717) is 0 Å². The summed E-state index contributed by atoms with van der Waals surface area (Å²) >= 11 is 5.97. The molecule has 1 amide bonds. The Kier molecular flexibility index (Phi) is 5.96. The molecule has 0 fully saturated rings.